The zero-order valence-electron chi connectivity index (χ0n) is 52.0. The van der Waals surface area contributed by atoms with Crippen LogP contribution in [0.5, 0.6) is 0 Å². The van der Waals surface area contributed by atoms with Gasteiger partial charge in [0.2, 0.25) is 23.6 Å². The number of aliphatic hydroxyl groups is 3. The van der Waals surface area contributed by atoms with E-state index in [0.717, 1.165) is 71.6 Å². The van der Waals surface area contributed by atoms with Gasteiger partial charge in [-0.05, 0) is 40.0 Å². The number of unbranched alkanes of at least 4 members (excludes halogenated alkanes) is 24. The van der Waals surface area contributed by atoms with E-state index in [-0.39, 0.29) is 12.8 Å². The molecule has 494 valence electrons. The van der Waals surface area contributed by atoms with Crippen molar-refractivity contribution in [2.24, 2.45) is 17.2 Å². The number of nitrogens with zero attached hydrogens (tertiary/aromatic N) is 2. The smallest absolute Gasteiger partial charge is 0.462 e. The lowest BCUT2D eigenvalue weighted by Gasteiger charge is -2.42. The highest BCUT2D eigenvalue weighted by molar-refractivity contribution is 7.47. The lowest BCUT2D eigenvalue weighted by atomic mass is 9.97. The highest BCUT2D eigenvalue weighted by atomic mass is 31.2. The van der Waals surface area contributed by atoms with Crippen LogP contribution >= 0.6 is 7.82 Å². The topological polar surface area (TPSA) is 386 Å². The first-order valence-corrected chi connectivity index (χ1v) is 32.9. The van der Waals surface area contributed by atoms with E-state index in [1.807, 2.05) is 0 Å². The van der Waals surface area contributed by atoms with Gasteiger partial charge in [-0.2, -0.15) is 0 Å². The zero-order chi connectivity index (χ0) is 63.7. The van der Waals surface area contributed by atoms with Gasteiger partial charge >= 0.3 is 19.8 Å². The summed E-state index contributed by atoms with van der Waals surface area (Å²) in [5.74, 6) is -7.68. The minimum Gasteiger partial charge on any atom is -0.462 e. The average molecular weight is 1240 g/mol. The van der Waals surface area contributed by atoms with Crippen molar-refractivity contribution in [3.8, 4) is 0 Å². The van der Waals surface area contributed by atoms with Crippen LogP contribution in [-0.2, 0) is 70.9 Å². The fourth-order valence-corrected chi connectivity index (χ4v) is 10.5. The molecule has 0 saturated carbocycles. The summed E-state index contributed by atoms with van der Waals surface area (Å²) >= 11 is 0. The molecule has 1 heterocycles. The second-order valence-corrected chi connectivity index (χ2v) is 24.1. The van der Waals surface area contributed by atoms with Gasteiger partial charge in [0.1, 0.15) is 43.6 Å². The second kappa shape index (κ2) is 46.2. The van der Waals surface area contributed by atoms with Crippen LogP contribution in [0.15, 0.2) is 0 Å². The van der Waals surface area contributed by atoms with E-state index >= 15 is 0 Å². The third-order valence-corrected chi connectivity index (χ3v) is 15.8. The lowest BCUT2D eigenvalue weighted by Crippen LogP contribution is -2.63. The fraction of sp³-hybridized carbons (Fsp3) is 0.864. The standard InChI is InChI=1S/C59H109N6O19P/c1-7-9-11-13-15-17-19-21-23-25-27-29-31-33-51(70)79-39-46(83-52(71)34-32-30-28-26-24-22-20-18-16-14-12-10-8-2)40-80-85(77,78)81-41-50(69)64(37-42(3)82-55-53(61)59(76)84-48(38-66)54(55)72)58(75)44(5)65(45(6)67)49(68)36-35-47(56(62)73)63-57(74)43(4)60/h42-44,46-48,53-55,59,66,72,76H,7-41,60-61H2,1-6H3,(H2,62,73)(H,63,74)(H,77,78)/t42?,43-,44-,46+,47+,48+,53+,54+,55+,59-/m0/s1. The number of hydrogen-bond acceptors (Lipinski definition) is 20. The molecule has 0 aromatic rings. The predicted octanol–water partition coefficient (Wildman–Crippen LogP) is 5.93. The Kier molecular flexibility index (Phi) is 42.9. The molecular formula is C59H109N6O19P. The van der Waals surface area contributed by atoms with Gasteiger partial charge in [0, 0.05) is 26.2 Å². The normalized spacial score (nSPS) is 19.4. The third-order valence-electron chi connectivity index (χ3n) is 14.9. The molecule has 26 heteroatoms. The van der Waals surface area contributed by atoms with E-state index in [1.165, 1.54) is 110 Å². The van der Waals surface area contributed by atoms with Crippen LogP contribution in [-0.4, -0.2) is 171 Å². The van der Waals surface area contributed by atoms with Crippen molar-refractivity contribution < 1.29 is 91.1 Å². The van der Waals surface area contributed by atoms with E-state index in [4.69, 9.17) is 45.2 Å². The van der Waals surface area contributed by atoms with Crippen LogP contribution in [0.1, 0.15) is 234 Å². The van der Waals surface area contributed by atoms with Crippen LogP contribution in [0.2, 0.25) is 0 Å². The van der Waals surface area contributed by atoms with Gasteiger partial charge in [-0.3, -0.25) is 57.2 Å². The molecule has 0 aliphatic carbocycles. The first kappa shape index (κ1) is 79.0. The summed E-state index contributed by atoms with van der Waals surface area (Å²) in [6, 6.07) is -5.68. The number of carbonyl (C=O) groups excluding carboxylic acids is 8. The zero-order valence-corrected chi connectivity index (χ0v) is 52.9. The van der Waals surface area contributed by atoms with E-state index in [2.05, 4.69) is 19.2 Å². The SMILES string of the molecule is CCCCCCCCCCCCCCCC(=O)OC[C@H](COP(=O)(O)OCC(=O)N(CC(C)O[C@@H]1[C@@H](N)[C@@H](O)O[C@H](CO)[C@H]1O)C(=O)[C@H](C)N(C(C)=O)C(=O)CC[C@@H](NC(=O)[C@H](C)N)C(N)=O)OC(=O)CCCCCCCCCCCCCCC. The molecule has 1 aliphatic rings. The molecular weight excluding hydrogens is 1130 g/mol. The first-order valence-electron chi connectivity index (χ1n) is 31.4. The number of nitrogens with one attached hydrogen (secondary N) is 1. The van der Waals surface area contributed by atoms with Gasteiger partial charge in [-0.1, -0.05) is 168 Å². The monoisotopic (exact) mass is 1240 g/mol. The largest absolute Gasteiger partial charge is 0.472 e. The second-order valence-electron chi connectivity index (χ2n) is 22.6. The Morgan fingerprint density at radius 2 is 1.14 bits per heavy atom. The number of primary amides is 1. The molecule has 1 fully saturated rings. The maximum absolute atomic E-state index is 14.4. The molecule has 25 nitrogen and oxygen atoms in total. The molecule has 1 aliphatic heterocycles. The maximum atomic E-state index is 14.4. The minimum absolute atomic E-state index is 0.0162. The molecule has 1 saturated heterocycles. The van der Waals surface area contributed by atoms with Crippen LogP contribution in [0, 0.1) is 0 Å². The highest BCUT2D eigenvalue weighted by Crippen LogP contribution is 2.43. The molecule has 11 atom stereocenters. The molecule has 0 spiro atoms. The fourth-order valence-electron chi connectivity index (χ4n) is 9.76. The summed E-state index contributed by atoms with van der Waals surface area (Å²) in [6.07, 6.45) is 19.0. The average Bonchev–Trinajstić information content (AvgIpc) is 2.95. The number of aliphatic hydroxyl groups excluding tert-OH is 3. The molecule has 6 amide bonds. The maximum Gasteiger partial charge on any atom is 0.472 e. The Labute approximate surface area is 505 Å². The molecule has 0 aromatic carbocycles. The van der Waals surface area contributed by atoms with Gasteiger partial charge in [0.25, 0.3) is 11.8 Å². The Hall–Kier alpha value is -4.01. The molecule has 11 N–H and O–H groups in total. The summed E-state index contributed by atoms with van der Waals surface area (Å²) in [5.41, 5.74) is 17.1. The van der Waals surface area contributed by atoms with E-state index in [0.29, 0.717) is 22.6 Å². The summed E-state index contributed by atoms with van der Waals surface area (Å²) in [7, 11) is -5.30. The quantitative estimate of drug-likeness (QED) is 0.0199. The number of nitrogens with two attached hydrogens (primary N) is 3. The van der Waals surface area contributed by atoms with Crippen molar-refractivity contribution in [1.29, 1.82) is 0 Å². The number of imide groups is 2. The van der Waals surface area contributed by atoms with Gasteiger partial charge in [-0.25, -0.2) is 4.57 Å². The number of hydrogen-bond donors (Lipinski definition) is 8. The first-order chi connectivity index (χ1) is 40.4. The van der Waals surface area contributed by atoms with Crippen molar-refractivity contribution in [3.05, 3.63) is 0 Å². The van der Waals surface area contributed by atoms with Gasteiger partial charge in [0.05, 0.1) is 37.9 Å². The molecule has 0 bridgehead atoms. The van der Waals surface area contributed by atoms with Crippen molar-refractivity contribution in [2.75, 3.05) is 33.0 Å². The Morgan fingerprint density at radius 1 is 0.671 bits per heavy atom. The van der Waals surface area contributed by atoms with Crippen LogP contribution < -0.4 is 22.5 Å². The van der Waals surface area contributed by atoms with Gasteiger partial charge in [-0.15, -0.1) is 0 Å². The van der Waals surface area contributed by atoms with Crippen molar-refractivity contribution in [3.63, 3.8) is 0 Å². The van der Waals surface area contributed by atoms with Gasteiger partial charge < -0.3 is 61.7 Å². The third kappa shape index (κ3) is 34.9. The number of carbonyl (C=O) groups is 8. The minimum atomic E-state index is -5.30. The van der Waals surface area contributed by atoms with E-state index in [1.54, 1.807) is 0 Å². The van der Waals surface area contributed by atoms with Crippen LogP contribution in [0.4, 0.5) is 0 Å². The number of amides is 6. The van der Waals surface area contributed by atoms with Gasteiger partial charge in [0.15, 0.2) is 12.4 Å². The number of esters is 2. The molecule has 2 unspecified atom stereocenters. The number of rotatable bonds is 50. The number of phosphoric ester groups is 1. The van der Waals surface area contributed by atoms with Crippen molar-refractivity contribution in [1.82, 2.24) is 15.1 Å². The van der Waals surface area contributed by atoms with Crippen molar-refractivity contribution in [2.45, 2.75) is 295 Å². The summed E-state index contributed by atoms with van der Waals surface area (Å²) in [6.45, 7) is 4.83. The Balaban J connectivity index is 3.19. The predicted molar refractivity (Wildman–Crippen MR) is 317 cm³/mol. The van der Waals surface area contributed by atoms with E-state index < -0.39 is 162 Å². The Bertz CT molecular complexity index is 1990. The highest BCUT2D eigenvalue weighted by Gasteiger charge is 2.45. The summed E-state index contributed by atoms with van der Waals surface area (Å²) in [4.78, 5) is 117. The molecule has 0 radical (unpaired) electrons. The van der Waals surface area contributed by atoms with Crippen LogP contribution in [0.25, 0.3) is 0 Å². The number of phosphoric acid groups is 1. The van der Waals surface area contributed by atoms with Crippen molar-refractivity contribution >= 4 is 55.2 Å². The van der Waals surface area contributed by atoms with Crippen LogP contribution in [0.3, 0.4) is 0 Å². The number of ether oxygens (including phenoxy) is 4. The lowest BCUT2D eigenvalue weighted by molar-refractivity contribution is -0.263. The van der Waals surface area contributed by atoms with E-state index in [9.17, 15) is 63.1 Å². The Morgan fingerprint density at radius 3 is 1.59 bits per heavy atom. The molecule has 1 rings (SSSR count). The molecule has 0 aromatic heterocycles. The summed E-state index contributed by atoms with van der Waals surface area (Å²) in [5, 5.41) is 33.2. The summed E-state index contributed by atoms with van der Waals surface area (Å²) < 4.78 is 45.7. The molecule has 85 heavy (non-hydrogen) atoms.